The summed E-state index contributed by atoms with van der Waals surface area (Å²) >= 11 is 8.09. The van der Waals surface area contributed by atoms with E-state index < -0.39 is 0 Å². The van der Waals surface area contributed by atoms with Gasteiger partial charge in [0.1, 0.15) is 11.6 Å². The molecule has 0 bridgehead atoms. The molecule has 8 nitrogen and oxygen atoms in total. The van der Waals surface area contributed by atoms with E-state index in [-0.39, 0.29) is 0 Å². The van der Waals surface area contributed by atoms with E-state index >= 15 is 0 Å². The monoisotopic (exact) mass is 505 g/mol. The van der Waals surface area contributed by atoms with Gasteiger partial charge < -0.3 is 15.8 Å². The van der Waals surface area contributed by atoms with Crippen LogP contribution in [0.4, 0.5) is 11.6 Å². The largest absolute Gasteiger partial charge is 0.383 e. The number of thiazole rings is 1. The molecule has 0 aliphatic carbocycles. The van der Waals surface area contributed by atoms with Crippen LogP contribution in [0.1, 0.15) is 5.69 Å². The highest BCUT2D eigenvalue weighted by Crippen LogP contribution is 2.36. The normalized spacial score (nSPS) is 11.3. The van der Waals surface area contributed by atoms with Crippen molar-refractivity contribution in [1.29, 1.82) is 0 Å². The molecule has 0 atom stereocenters. The summed E-state index contributed by atoms with van der Waals surface area (Å²) in [5.41, 5.74) is 13.0. The molecule has 0 fully saturated rings. The Morgan fingerprint density at radius 2 is 1.91 bits per heavy atom. The van der Waals surface area contributed by atoms with Crippen molar-refractivity contribution in [2.45, 2.75) is 13.0 Å². The number of hydrogen-bond acceptors (Lipinski definition) is 8. The summed E-state index contributed by atoms with van der Waals surface area (Å²) in [6.45, 7) is 1.92. The number of fused-ring (bicyclic) bond motifs is 1. The summed E-state index contributed by atoms with van der Waals surface area (Å²) in [7, 11) is 1.68. The number of ether oxygens (including phenoxy) is 1. The zero-order chi connectivity index (χ0) is 24.2. The van der Waals surface area contributed by atoms with Gasteiger partial charge in [-0.15, -0.1) is 11.3 Å². The third-order valence-corrected chi connectivity index (χ3v) is 6.61. The Hall–Kier alpha value is -3.53. The van der Waals surface area contributed by atoms with Crippen LogP contribution in [0, 0.1) is 0 Å². The molecule has 2 aromatic carbocycles. The molecule has 0 unspecified atom stereocenters. The number of halogens is 1. The summed E-state index contributed by atoms with van der Waals surface area (Å²) in [6.07, 6.45) is 2.50. The summed E-state index contributed by atoms with van der Waals surface area (Å²) in [5, 5.41) is 8.41. The minimum Gasteiger partial charge on any atom is -0.383 e. The Kier molecular flexibility index (Phi) is 6.89. The van der Waals surface area contributed by atoms with E-state index in [9.17, 15) is 0 Å². The molecule has 0 amide bonds. The molecule has 35 heavy (non-hydrogen) atoms. The van der Waals surface area contributed by atoms with Gasteiger partial charge in [-0.3, -0.25) is 4.68 Å². The van der Waals surface area contributed by atoms with Gasteiger partial charge in [0.15, 0.2) is 0 Å². The second kappa shape index (κ2) is 10.4. The molecule has 3 aromatic heterocycles. The molecule has 0 saturated heterocycles. The topological polar surface area (TPSA) is 104 Å². The highest BCUT2D eigenvalue weighted by atomic mass is 35.5. The van der Waals surface area contributed by atoms with Crippen LogP contribution in [0.25, 0.3) is 32.7 Å². The summed E-state index contributed by atoms with van der Waals surface area (Å²) in [6, 6.07) is 15.8. The number of hydrogen-bond donors (Lipinski definition) is 2. The molecule has 0 saturated carbocycles. The van der Waals surface area contributed by atoms with Gasteiger partial charge in [0, 0.05) is 43.5 Å². The zero-order valence-corrected chi connectivity index (χ0v) is 20.7. The van der Waals surface area contributed by atoms with Crippen molar-refractivity contribution >= 4 is 44.8 Å². The van der Waals surface area contributed by atoms with Crippen LogP contribution in [0.15, 0.2) is 60.2 Å². The first-order valence-corrected chi connectivity index (χ1v) is 12.4. The van der Waals surface area contributed by atoms with Crippen LogP contribution in [-0.2, 0) is 17.7 Å². The van der Waals surface area contributed by atoms with Gasteiger partial charge in [-0.25, -0.2) is 15.0 Å². The Morgan fingerprint density at radius 3 is 2.74 bits per heavy atom. The lowest BCUT2D eigenvalue weighted by Crippen LogP contribution is -2.12. The minimum absolute atomic E-state index is 0.407. The molecule has 3 heterocycles. The van der Waals surface area contributed by atoms with Crippen LogP contribution in [-0.4, -0.2) is 45.0 Å². The maximum Gasteiger partial charge on any atom is 0.147 e. The van der Waals surface area contributed by atoms with Crippen molar-refractivity contribution in [3.05, 3.63) is 71.0 Å². The van der Waals surface area contributed by atoms with E-state index in [0.717, 1.165) is 38.5 Å². The number of rotatable bonds is 9. The quantitative estimate of drug-likeness (QED) is 0.285. The van der Waals surface area contributed by atoms with Crippen LogP contribution >= 0.6 is 22.9 Å². The van der Waals surface area contributed by atoms with E-state index in [1.54, 1.807) is 24.0 Å². The highest BCUT2D eigenvalue weighted by molar-refractivity contribution is 7.16. The second-order valence-corrected chi connectivity index (χ2v) is 9.20. The number of aromatic nitrogens is 5. The molecule has 0 spiro atoms. The maximum absolute atomic E-state index is 6.55. The lowest BCUT2D eigenvalue weighted by atomic mass is 10.0. The number of nitrogen functional groups attached to an aromatic ring is 1. The lowest BCUT2D eigenvalue weighted by Gasteiger charge is -2.14. The van der Waals surface area contributed by atoms with Crippen molar-refractivity contribution in [2.24, 2.45) is 0 Å². The van der Waals surface area contributed by atoms with E-state index in [4.69, 9.17) is 32.0 Å². The number of benzene rings is 2. The van der Waals surface area contributed by atoms with E-state index in [2.05, 4.69) is 21.5 Å². The number of nitrogens with one attached hydrogen (secondary N) is 1. The van der Waals surface area contributed by atoms with E-state index in [0.29, 0.717) is 42.7 Å². The summed E-state index contributed by atoms with van der Waals surface area (Å²) in [4.78, 5) is 14.1. The van der Waals surface area contributed by atoms with Gasteiger partial charge in [0.05, 0.1) is 51.0 Å². The van der Waals surface area contributed by atoms with Gasteiger partial charge in [-0.1, -0.05) is 41.9 Å². The smallest absolute Gasteiger partial charge is 0.147 e. The fourth-order valence-corrected chi connectivity index (χ4v) is 4.87. The number of anilines is 2. The molecular formula is C25H24ClN7OS. The van der Waals surface area contributed by atoms with Gasteiger partial charge in [0.25, 0.3) is 0 Å². The van der Waals surface area contributed by atoms with Crippen LogP contribution in [0.5, 0.6) is 0 Å². The van der Waals surface area contributed by atoms with Gasteiger partial charge in [-0.05, 0) is 12.1 Å². The number of methoxy groups -OCH3 is 1. The predicted molar refractivity (Wildman–Crippen MR) is 142 cm³/mol. The predicted octanol–water partition coefficient (Wildman–Crippen LogP) is 5.15. The average Bonchev–Trinajstić information content (AvgIpc) is 3.54. The zero-order valence-electron chi connectivity index (χ0n) is 19.1. The molecular weight excluding hydrogens is 482 g/mol. The van der Waals surface area contributed by atoms with Crippen molar-refractivity contribution in [3.8, 4) is 22.5 Å². The SMILES string of the molecule is COCCn1ccc(NCCc2nc(-c3cc(Cl)c4ncsc4c3)c(-c3ccccc3)nc2N)n1. The Balaban J connectivity index is 1.45. The van der Waals surface area contributed by atoms with Crippen molar-refractivity contribution in [1.82, 2.24) is 24.7 Å². The molecule has 5 rings (SSSR count). The highest BCUT2D eigenvalue weighted by Gasteiger charge is 2.17. The number of nitrogens with two attached hydrogens (primary N) is 1. The third-order valence-electron chi connectivity index (χ3n) is 5.54. The standard InChI is InChI=1S/C25H24ClN7OS/c1-34-12-11-33-10-8-21(32-33)28-9-7-19-25(27)31-22(16-5-3-2-4-6-16)23(30-19)17-13-18(26)24-20(14-17)35-15-29-24/h2-6,8,10,13-15H,7,9,11-12H2,1H3,(H2,27,31)(H,28,32). The number of nitrogens with zero attached hydrogens (tertiary/aromatic N) is 5. The third kappa shape index (κ3) is 5.12. The Bertz CT molecular complexity index is 1450. The van der Waals surface area contributed by atoms with E-state index in [1.807, 2.05) is 53.3 Å². The molecule has 0 radical (unpaired) electrons. The lowest BCUT2D eigenvalue weighted by molar-refractivity contribution is 0.183. The maximum atomic E-state index is 6.55. The summed E-state index contributed by atoms with van der Waals surface area (Å²) in [5.74, 6) is 1.20. The molecule has 178 valence electrons. The molecule has 10 heteroatoms. The van der Waals surface area contributed by atoms with E-state index in [1.165, 1.54) is 0 Å². The van der Waals surface area contributed by atoms with Crippen molar-refractivity contribution in [2.75, 3.05) is 31.3 Å². The van der Waals surface area contributed by atoms with Crippen molar-refractivity contribution in [3.63, 3.8) is 0 Å². The van der Waals surface area contributed by atoms with Crippen LogP contribution in [0.3, 0.4) is 0 Å². The second-order valence-electron chi connectivity index (χ2n) is 7.91. The molecule has 0 aliphatic rings. The fraction of sp³-hybridized carbons (Fsp3) is 0.200. The minimum atomic E-state index is 0.407. The van der Waals surface area contributed by atoms with Gasteiger partial charge in [0.2, 0.25) is 0 Å². The Labute approximate surface area is 211 Å². The van der Waals surface area contributed by atoms with Gasteiger partial charge >= 0.3 is 0 Å². The first kappa shape index (κ1) is 23.2. The Morgan fingerprint density at radius 1 is 1.09 bits per heavy atom. The fourth-order valence-electron chi connectivity index (χ4n) is 3.80. The average molecular weight is 506 g/mol. The molecule has 3 N–H and O–H groups in total. The van der Waals surface area contributed by atoms with Crippen LogP contribution in [0.2, 0.25) is 5.02 Å². The first-order chi connectivity index (χ1) is 17.1. The molecule has 5 aromatic rings. The first-order valence-electron chi connectivity index (χ1n) is 11.1. The molecule has 0 aliphatic heterocycles. The van der Waals surface area contributed by atoms with Crippen molar-refractivity contribution < 1.29 is 4.74 Å². The van der Waals surface area contributed by atoms with Crippen LogP contribution < -0.4 is 11.1 Å². The van der Waals surface area contributed by atoms with Gasteiger partial charge in [-0.2, -0.15) is 5.10 Å². The summed E-state index contributed by atoms with van der Waals surface area (Å²) < 4.78 is 7.94.